The zero-order valence-electron chi connectivity index (χ0n) is 20.2. The quantitative estimate of drug-likeness (QED) is 0.638. The Balaban J connectivity index is 2.00. The van der Waals surface area contributed by atoms with Crippen molar-refractivity contribution in [2.45, 2.75) is 64.0 Å². The van der Waals surface area contributed by atoms with E-state index in [4.69, 9.17) is 4.74 Å². The first-order valence-corrected chi connectivity index (χ1v) is 13.2. The Labute approximate surface area is 198 Å². The minimum Gasteiger partial charge on any atom is -0.487 e. The van der Waals surface area contributed by atoms with E-state index in [1.807, 2.05) is 6.92 Å². The third kappa shape index (κ3) is 6.08. The summed E-state index contributed by atoms with van der Waals surface area (Å²) in [5.74, 6) is 6.91. The number of aliphatic hydroxyl groups is 1. The smallest absolute Gasteiger partial charge is 0.247 e. The molecule has 0 bridgehead atoms. The van der Waals surface area contributed by atoms with Crippen LogP contribution in [0, 0.1) is 29.6 Å². The fourth-order valence-electron chi connectivity index (χ4n) is 3.88. The van der Waals surface area contributed by atoms with E-state index in [9.17, 15) is 18.3 Å². The zero-order chi connectivity index (χ0) is 24.3. The van der Waals surface area contributed by atoms with Crippen LogP contribution >= 0.6 is 0 Å². The minimum atomic E-state index is -3.89. The highest BCUT2D eigenvalue weighted by Gasteiger charge is 2.39. The second kappa shape index (κ2) is 10.5. The van der Waals surface area contributed by atoms with E-state index in [0.29, 0.717) is 18.0 Å². The minimum absolute atomic E-state index is 0.0604. The number of aliphatic hydroxyl groups excluding tert-OH is 1. The molecule has 8 heteroatoms. The lowest BCUT2D eigenvalue weighted by Crippen LogP contribution is -2.50. The first-order valence-electron chi connectivity index (χ1n) is 11.7. The SMILES string of the molecule is CC(C)CC#Cc1ccc2c(c1)O[C@@H](CN(C)C(=O)C1CC1)[C@H](C)CN([C@@H](C)CO)S2(=O)=O. The largest absolute Gasteiger partial charge is 0.487 e. The summed E-state index contributed by atoms with van der Waals surface area (Å²) in [6.07, 6.45) is 2.18. The molecule has 1 N–H and O–H groups in total. The Hall–Kier alpha value is -2.08. The van der Waals surface area contributed by atoms with E-state index in [0.717, 1.165) is 19.3 Å². The number of sulfonamides is 1. The van der Waals surface area contributed by atoms with E-state index in [2.05, 4.69) is 25.7 Å². The highest BCUT2D eigenvalue weighted by Crippen LogP contribution is 2.35. The zero-order valence-corrected chi connectivity index (χ0v) is 21.1. The topological polar surface area (TPSA) is 87.2 Å². The van der Waals surface area contributed by atoms with Gasteiger partial charge in [0.1, 0.15) is 16.7 Å². The number of hydrogen-bond acceptors (Lipinski definition) is 5. The molecule has 182 valence electrons. The van der Waals surface area contributed by atoms with Crippen molar-refractivity contribution >= 4 is 15.9 Å². The van der Waals surface area contributed by atoms with Crippen LogP contribution in [0.4, 0.5) is 0 Å². The lowest BCUT2D eigenvalue weighted by atomic mass is 10.0. The van der Waals surface area contributed by atoms with Crippen LogP contribution in [0.2, 0.25) is 0 Å². The van der Waals surface area contributed by atoms with Gasteiger partial charge in [0.2, 0.25) is 15.9 Å². The average molecular weight is 477 g/mol. The maximum absolute atomic E-state index is 13.5. The van der Waals surface area contributed by atoms with Gasteiger partial charge in [0, 0.05) is 43.5 Å². The van der Waals surface area contributed by atoms with E-state index < -0.39 is 22.2 Å². The molecule has 1 amide bonds. The van der Waals surface area contributed by atoms with E-state index in [1.54, 1.807) is 31.0 Å². The van der Waals surface area contributed by atoms with Gasteiger partial charge in [-0.05, 0) is 43.9 Å². The summed E-state index contributed by atoms with van der Waals surface area (Å²) in [4.78, 5) is 14.3. The lowest BCUT2D eigenvalue weighted by molar-refractivity contribution is -0.132. The molecule has 3 atom stereocenters. The van der Waals surface area contributed by atoms with E-state index >= 15 is 0 Å². The van der Waals surface area contributed by atoms with Crippen LogP contribution in [0.1, 0.15) is 52.5 Å². The van der Waals surface area contributed by atoms with Gasteiger partial charge in [0.15, 0.2) is 0 Å². The Kier molecular flexibility index (Phi) is 8.09. The van der Waals surface area contributed by atoms with Crippen molar-refractivity contribution in [1.29, 1.82) is 0 Å². The van der Waals surface area contributed by atoms with Gasteiger partial charge in [-0.1, -0.05) is 32.6 Å². The molecule has 1 aliphatic heterocycles. The fourth-order valence-corrected chi connectivity index (χ4v) is 5.71. The van der Waals surface area contributed by atoms with Crippen molar-refractivity contribution in [1.82, 2.24) is 9.21 Å². The molecule has 1 aliphatic carbocycles. The molecule has 7 nitrogen and oxygen atoms in total. The maximum atomic E-state index is 13.5. The Morgan fingerprint density at radius 2 is 2.00 bits per heavy atom. The van der Waals surface area contributed by atoms with Crippen molar-refractivity contribution in [2.75, 3.05) is 26.7 Å². The predicted octanol–water partition coefficient (Wildman–Crippen LogP) is 2.72. The molecule has 0 aromatic heterocycles. The maximum Gasteiger partial charge on any atom is 0.247 e. The van der Waals surface area contributed by atoms with Crippen LogP contribution in [0.15, 0.2) is 23.1 Å². The van der Waals surface area contributed by atoms with Gasteiger partial charge < -0.3 is 14.7 Å². The van der Waals surface area contributed by atoms with Gasteiger partial charge in [0.05, 0.1) is 13.2 Å². The third-order valence-electron chi connectivity index (χ3n) is 6.17. The molecule has 1 aromatic rings. The van der Waals surface area contributed by atoms with Gasteiger partial charge >= 0.3 is 0 Å². The second-order valence-corrected chi connectivity index (χ2v) is 11.7. The first kappa shape index (κ1) is 25.5. The highest BCUT2D eigenvalue weighted by molar-refractivity contribution is 7.89. The number of rotatable bonds is 6. The molecular formula is C25H36N2O5S. The Morgan fingerprint density at radius 3 is 2.61 bits per heavy atom. The van der Waals surface area contributed by atoms with Gasteiger partial charge in [0.25, 0.3) is 0 Å². The van der Waals surface area contributed by atoms with E-state index in [-0.39, 0.29) is 41.5 Å². The monoisotopic (exact) mass is 476 g/mol. The molecule has 1 saturated carbocycles. The van der Waals surface area contributed by atoms with Crippen LogP contribution in [-0.4, -0.2) is 67.5 Å². The van der Waals surface area contributed by atoms with Crippen LogP contribution in [0.5, 0.6) is 5.75 Å². The van der Waals surface area contributed by atoms with Crippen molar-refractivity contribution in [3.63, 3.8) is 0 Å². The number of benzene rings is 1. The van der Waals surface area contributed by atoms with Gasteiger partial charge in [-0.25, -0.2) is 8.42 Å². The van der Waals surface area contributed by atoms with Gasteiger partial charge in [-0.3, -0.25) is 4.79 Å². The first-order chi connectivity index (χ1) is 15.5. The molecule has 1 aromatic carbocycles. The number of fused-ring (bicyclic) bond motifs is 1. The predicted molar refractivity (Wildman–Crippen MR) is 127 cm³/mol. The fraction of sp³-hybridized carbons (Fsp3) is 0.640. The molecule has 0 radical (unpaired) electrons. The summed E-state index contributed by atoms with van der Waals surface area (Å²) < 4.78 is 34.7. The summed E-state index contributed by atoms with van der Waals surface area (Å²) >= 11 is 0. The van der Waals surface area contributed by atoms with Crippen LogP contribution in [-0.2, 0) is 14.8 Å². The summed E-state index contributed by atoms with van der Waals surface area (Å²) in [6.45, 7) is 8.06. The van der Waals surface area contributed by atoms with E-state index in [1.165, 1.54) is 10.4 Å². The summed E-state index contributed by atoms with van der Waals surface area (Å²) in [5.41, 5.74) is 0.681. The summed E-state index contributed by atoms with van der Waals surface area (Å²) in [6, 6.07) is 4.32. The number of hydrogen-bond donors (Lipinski definition) is 1. The summed E-state index contributed by atoms with van der Waals surface area (Å²) in [7, 11) is -2.12. The second-order valence-electron chi connectivity index (χ2n) is 9.79. The number of carbonyl (C=O) groups is 1. The molecule has 3 rings (SSSR count). The number of likely N-dealkylation sites (N-methyl/N-ethyl adjacent to an activating group) is 1. The Bertz CT molecular complexity index is 1020. The van der Waals surface area contributed by atoms with Crippen molar-refractivity contribution < 1.29 is 23.1 Å². The van der Waals surface area contributed by atoms with Gasteiger partial charge in [-0.15, -0.1) is 0 Å². The van der Waals surface area contributed by atoms with Crippen molar-refractivity contribution in [2.24, 2.45) is 17.8 Å². The van der Waals surface area contributed by atoms with Crippen molar-refractivity contribution in [3.8, 4) is 17.6 Å². The summed E-state index contributed by atoms with van der Waals surface area (Å²) in [5, 5.41) is 9.75. The molecule has 33 heavy (non-hydrogen) atoms. The standard InChI is InChI=1S/C25H36N2O5S/c1-17(2)7-6-8-20-9-12-24-22(13-20)32-23(15-26(5)25(29)21-10-11-21)18(3)14-27(19(4)16-28)33(24,30)31/h9,12-13,17-19,21,23,28H,7,10-11,14-16H2,1-5H3/t18-,19+,23+/m1/s1. The molecule has 0 spiro atoms. The number of nitrogens with zero attached hydrogens (tertiary/aromatic N) is 2. The number of carbonyl (C=O) groups excluding carboxylic acids is 1. The van der Waals surface area contributed by atoms with Crippen molar-refractivity contribution in [3.05, 3.63) is 23.8 Å². The molecule has 1 fully saturated rings. The molecule has 1 heterocycles. The van der Waals surface area contributed by atoms with Crippen LogP contribution in [0.3, 0.4) is 0 Å². The van der Waals surface area contributed by atoms with Crippen LogP contribution < -0.4 is 4.74 Å². The number of ether oxygens (including phenoxy) is 1. The highest BCUT2D eigenvalue weighted by atomic mass is 32.2. The molecule has 0 unspecified atom stereocenters. The molecular weight excluding hydrogens is 440 g/mol. The molecule has 0 saturated heterocycles. The third-order valence-corrected chi connectivity index (χ3v) is 8.19. The lowest BCUT2D eigenvalue weighted by Gasteiger charge is -2.37. The normalized spacial score (nSPS) is 23.4. The average Bonchev–Trinajstić information content (AvgIpc) is 3.60. The van der Waals surface area contributed by atoms with Crippen LogP contribution in [0.25, 0.3) is 0 Å². The van der Waals surface area contributed by atoms with Gasteiger partial charge in [-0.2, -0.15) is 4.31 Å². The Morgan fingerprint density at radius 1 is 1.30 bits per heavy atom. The number of amides is 1. The molecule has 2 aliphatic rings.